The maximum atomic E-state index is 5.63. The van der Waals surface area contributed by atoms with Crippen LogP contribution < -0.4 is 5.32 Å². The van der Waals surface area contributed by atoms with Gasteiger partial charge in [-0.1, -0.05) is 12.1 Å². The topological polar surface area (TPSA) is 66.7 Å². The normalized spacial score (nSPS) is 11.5. The zero-order valence-electron chi connectivity index (χ0n) is 11.5. The molecule has 0 saturated heterocycles. The Bertz CT molecular complexity index is 754. The second kappa shape index (κ2) is 5.21. The lowest BCUT2D eigenvalue weighted by molar-refractivity contribution is 0.616. The highest BCUT2D eigenvalue weighted by Gasteiger charge is 2.04. The molecule has 5 heteroatoms. The van der Waals surface area contributed by atoms with E-state index in [0.29, 0.717) is 6.01 Å². The highest BCUT2D eigenvalue weighted by Crippen LogP contribution is 2.21. The minimum absolute atomic E-state index is 0.562. The molecule has 0 bridgehead atoms. The van der Waals surface area contributed by atoms with Crippen LogP contribution in [-0.2, 0) is 0 Å². The van der Waals surface area contributed by atoms with Crippen molar-refractivity contribution in [1.82, 2.24) is 15.0 Å². The van der Waals surface area contributed by atoms with Crippen molar-refractivity contribution in [3.63, 3.8) is 0 Å². The van der Waals surface area contributed by atoms with Crippen LogP contribution in [0.3, 0.4) is 0 Å². The van der Waals surface area contributed by atoms with Crippen LogP contribution in [0.5, 0.6) is 0 Å². The molecule has 0 spiro atoms. The minimum Gasteiger partial charge on any atom is -0.424 e. The van der Waals surface area contributed by atoms with E-state index in [-0.39, 0.29) is 0 Å². The van der Waals surface area contributed by atoms with Gasteiger partial charge in [-0.05, 0) is 37.6 Å². The van der Waals surface area contributed by atoms with Gasteiger partial charge in [0, 0.05) is 12.2 Å². The first kappa shape index (κ1) is 12.5. The summed E-state index contributed by atoms with van der Waals surface area (Å²) < 4.78 is 5.63. The van der Waals surface area contributed by atoms with E-state index >= 15 is 0 Å². The molecule has 0 atom stereocenters. The van der Waals surface area contributed by atoms with E-state index in [1.807, 2.05) is 44.2 Å². The van der Waals surface area contributed by atoms with Crippen molar-refractivity contribution in [3.05, 3.63) is 41.5 Å². The summed E-state index contributed by atoms with van der Waals surface area (Å²) in [5.41, 5.74) is 4.68. The zero-order valence-corrected chi connectivity index (χ0v) is 11.5. The molecular weight excluding hydrogens is 252 g/mol. The fourth-order valence-corrected chi connectivity index (χ4v) is 1.98. The third-order valence-electron chi connectivity index (χ3n) is 3.04. The summed E-state index contributed by atoms with van der Waals surface area (Å²) >= 11 is 0. The lowest BCUT2D eigenvalue weighted by atomic mass is 10.2. The van der Waals surface area contributed by atoms with Gasteiger partial charge in [0.1, 0.15) is 5.52 Å². The lowest BCUT2D eigenvalue weighted by Gasteiger charge is -1.93. The third kappa shape index (κ3) is 2.42. The van der Waals surface area contributed by atoms with Crippen LogP contribution in [0.2, 0.25) is 0 Å². The van der Waals surface area contributed by atoms with Gasteiger partial charge in [-0.15, -0.1) is 0 Å². The van der Waals surface area contributed by atoms with Gasteiger partial charge in [-0.2, -0.15) is 4.98 Å². The molecule has 0 aliphatic carbocycles. The maximum Gasteiger partial charge on any atom is 0.295 e. The number of anilines is 1. The Morgan fingerprint density at radius 1 is 1.35 bits per heavy atom. The summed E-state index contributed by atoms with van der Waals surface area (Å²) in [6.45, 7) is 4.79. The van der Waals surface area contributed by atoms with Gasteiger partial charge in [-0.25, -0.2) is 4.98 Å². The standard InChI is InChI=1S/C15H16N4O/c1-3-16-15-19-13-7-5-11(8-14(13)20-15)4-6-12-10(2)17-9-18-12/h4-9H,3H2,1-2H3,(H,16,19)(H,17,18). The maximum absolute atomic E-state index is 5.63. The number of imidazole rings is 1. The van der Waals surface area contributed by atoms with E-state index in [4.69, 9.17) is 4.42 Å². The van der Waals surface area contributed by atoms with Crippen molar-refractivity contribution in [2.24, 2.45) is 0 Å². The molecule has 0 amide bonds. The smallest absolute Gasteiger partial charge is 0.295 e. The minimum atomic E-state index is 0.562. The molecule has 0 aliphatic rings. The molecule has 0 fully saturated rings. The molecular formula is C15H16N4O. The number of nitrogens with zero attached hydrogens (tertiary/aromatic N) is 2. The summed E-state index contributed by atoms with van der Waals surface area (Å²) in [5, 5.41) is 3.07. The van der Waals surface area contributed by atoms with Gasteiger partial charge in [0.15, 0.2) is 5.58 Å². The van der Waals surface area contributed by atoms with Crippen molar-refractivity contribution in [1.29, 1.82) is 0 Å². The summed E-state index contributed by atoms with van der Waals surface area (Å²) in [7, 11) is 0. The van der Waals surface area contributed by atoms with Crippen LogP contribution in [-0.4, -0.2) is 21.5 Å². The van der Waals surface area contributed by atoms with Gasteiger partial charge in [0.05, 0.1) is 12.0 Å². The zero-order chi connectivity index (χ0) is 13.9. The van der Waals surface area contributed by atoms with Crippen molar-refractivity contribution < 1.29 is 4.42 Å². The van der Waals surface area contributed by atoms with Crippen molar-refractivity contribution in [3.8, 4) is 0 Å². The van der Waals surface area contributed by atoms with Crippen LogP contribution >= 0.6 is 0 Å². The summed E-state index contributed by atoms with van der Waals surface area (Å²) in [4.78, 5) is 11.6. The van der Waals surface area contributed by atoms with Crippen LogP contribution in [0.15, 0.2) is 28.9 Å². The van der Waals surface area contributed by atoms with Gasteiger partial charge < -0.3 is 14.7 Å². The van der Waals surface area contributed by atoms with Gasteiger partial charge in [0.25, 0.3) is 6.01 Å². The van der Waals surface area contributed by atoms with E-state index < -0.39 is 0 Å². The second-order valence-corrected chi connectivity index (χ2v) is 4.52. The lowest BCUT2D eigenvalue weighted by Crippen LogP contribution is -1.95. The van der Waals surface area contributed by atoms with Crippen LogP contribution in [0.1, 0.15) is 23.9 Å². The fourth-order valence-electron chi connectivity index (χ4n) is 1.98. The largest absolute Gasteiger partial charge is 0.424 e. The number of hydrogen-bond acceptors (Lipinski definition) is 4. The van der Waals surface area contributed by atoms with Crippen molar-refractivity contribution in [2.45, 2.75) is 13.8 Å². The number of aromatic nitrogens is 3. The van der Waals surface area contributed by atoms with E-state index in [9.17, 15) is 0 Å². The van der Waals surface area contributed by atoms with Crippen LogP contribution in [0, 0.1) is 6.92 Å². The molecule has 2 aromatic heterocycles. The van der Waals surface area contributed by atoms with E-state index in [2.05, 4.69) is 20.3 Å². The van der Waals surface area contributed by atoms with E-state index in [0.717, 1.165) is 34.6 Å². The number of aromatic amines is 1. The molecule has 2 N–H and O–H groups in total. The Kier molecular flexibility index (Phi) is 3.25. The van der Waals surface area contributed by atoms with Gasteiger partial charge in [0.2, 0.25) is 0 Å². The number of hydrogen-bond donors (Lipinski definition) is 2. The molecule has 102 valence electrons. The Morgan fingerprint density at radius 2 is 2.25 bits per heavy atom. The first-order valence-corrected chi connectivity index (χ1v) is 6.59. The average molecular weight is 268 g/mol. The number of benzene rings is 1. The number of nitrogens with one attached hydrogen (secondary N) is 2. The molecule has 0 saturated carbocycles. The number of aryl methyl sites for hydroxylation is 1. The molecule has 1 aromatic carbocycles. The summed E-state index contributed by atoms with van der Waals surface area (Å²) in [6, 6.07) is 6.50. The van der Waals surface area contributed by atoms with Crippen LogP contribution in [0.25, 0.3) is 23.3 Å². The third-order valence-corrected chi connectivity index (χ3v) is 3.04. The SMILES string of the molecule is CCNc1nc2ccc(C=Cc3nc[nH]c3C)cc2o1. The number of fused-ring (bicyclic) bond motifs is 1. The Balaban J connectivity index is 1.89. The Hall–Kier alpha value is -2.56. The van der Waals surface area contributed by atoms with Crippen molar-refractivity contribution >= 4 is 29.3 Å². The molecule has 0 radical (unpaired) electrons. The quantitative estimate of drug-likeness (QED) is 0.760. The Labute approximate surface area is 116 Å². The highest BCUT2D eigenvalue weighted by atomic mass is 16.4. The predicted octanol–water partition coefficient (Wildman–Crippen LogP) is 3.46. The monoisotopic (exact) mass is 268 g/mol. The average Bonchev–Trinajstić information content (AvgIpc) is 3.02. The van der Waals surface area contributed by atoms with Gasteiger partial charge >= 0.3 is 0 Å². The summed E-state index contributed by atoms with van der Waals surface area (Å²) in [6.07, 6.45) is 5.68. The van der Waals surface area contributed by atoms with Gasteiger partial charge in [-0.3, -0.25) is 0 Å². The Morgan fingerprint density at radius 3 is 3.00 bits per heavy atom. The van der Waals surface area contributed by atoms with E-state index in [1.54, 1.807) is 6.33 Å². The molecule has 0 unspecified atom stereocenters. The fraction of sp³-hybridized carbons (Fsp3) is 0.200. The second-order valence-electron chi connectivity index (χ2n) is 4.52. The van der Waals surface area contributed by atoms with E-state index in [1.165, 1.54) is 0 Å². The predicted molar refractivity (Wildman–Crippen MR) is 80.4 cm³/mol. The number of H-pyrrole nitrogens is 1. The molecule has 5 nitrogen and oxygen atoms in total. The van der Waals surface area contributed by atoms with Crippen LogP contribution in [0.4, 0.5) is 6.01 Å². The van der Waals surface area contributed by atoms with Crippen molar-refractivity contribution in [2.75, 3.05) is 11.9 Å². The molecule has 3 aromatic rings. The first-order chi connectivity index (χ1) is 9.76. The molecule has 20 heavy (non-hydrogen) atoms. The summed E-state index contributed by atoms with van der Waals surface area (Å²) in [5.74, 6) is 0. The number of oxazole rings is 1. The molecule has 0 aliphatic heterocycles. The molecule has 2 heterocycles. The first-order valence-electron chi connectivity index (χ1n) is 6.59. The molecule has 3 rings (SSSR count). The highest BCUT2D eigenvalue weighted by molar-refractivity contribution is 5.80. The number of rotatable bonds is 4.